The van der Waals surface area contributed by atoms with E-state index < -0.39 is 12.8 Å². The molecule has 0 aromatic carbocycles. The van der Waals surface area contributed by atoms with Gasteiger partial charge in [0.05, 0.1) is 0 Å². The number of unbranched alkanes of at least 4 members (excludes halogenated alkanes) is 3. The second kappa shape index (κ2) is 10.2. The fourth-order valence-electron chi connectivity index (χ4n) is 0.848. The first kappa shape index (κ1) is 17.1. The Bertz CT molecular complexity index is 120. The molecule has 0 aliphatic rings. The molecule has 0 aromatic rings. The molecule has 0 fully saturated rings. The third-order valence-electron chi connectivity index (χ3n) is 1.45. The summed E-state index contributed by atoms with van der Waals surface area (Å²) in [6, 6.07) is 0. The fraction of sp³-hybridized carbons (Fsp3) is 1.00. The average Bonchev–Trinajstić information content (AvgIpc) is 2.01. The summed E-state index contributed by atoms with van der Waals surface area (Å²) in [5.74, 6) is 0. The van der Waals surface area contributed by atoms with Gasteiger partial charge in [-0.2, -0.15) is 13.2 Å². The van der Waals surface area contributed by atoms with E-state index in [0.29, 0.717) is 12.8 Å². The zero-order valence-corrected chi connectivity index (χ0v) is 10.4. The molecule has 0 N–H and O–H groups in total. The number of halogens is 3. The van der Waals surface area contributed by atoms with Gasteiger partial charge in [0.1, 0.15) is 6.61 Å². The first-order chi connectivity index (χ1) is 6.06. The fourth-order valence-corrected chi connectivity index (χ4v) is 0.848. The van der Waals surface area contributed by atoms with Crippen LogP contribution in [0, 0.1) is 0 Å². The molecule has 0 saturated carbocycles. The van der Waals surface area contributed by atoms with E-state index in [-0.39, 0.29) is 42.8 Å². The quantitative estimate of drug-likeness (QED) is 0.387. The molecular formula is C8H14F3NaO2. The van der Waals surface area contributed by atoms with E-state index in [4.69, 9.17) is 0 Å². The molecule has 0 aromatic heterocycles. The van der Waals surface area contributed by atoms with Gasteiger partial charge >= 0.3 is 35.7 Å². The Kier molecular flexibility index (Phi) is 12.5. The predicted molar refractivity (Wildman–Crippen MR) is 40.2 cm³/mol. The van der Waals surface area contributed by atoms with E-state index in [0.717, 1.165) is 12.8 Å². The Morgan fingerprint density at radius 2 is 1.57 bits per heavy atom. The van der Waals surface area contributed by atoms with Crippen molar-refractivity contribution in [1.29, 1.82) is 0 Å². The van der Waals surface area contributed by atoms with Crippen molar-refractivity contribution < 1.29 is 52.6 Å². The van der Waals surface area contributed by atoms with Gasteiger partial charge in [0, 0.05) is 6.61 Å². The first-order valence-corrected chi connectivity index (χ1v) is 4.29. The third kappa shape index (κ3) is 15.2. The zero-order valence-electron chi connectivity index (χ0n) is 8.40. The van der Waals surface area contributed by atoms with E-state index in [1.807, 2.05) is 0 Å². The van der Waals surface area contributed by atoms with Gasteiger partial charge in [-0.15, -0.1) is 6.61 Å². The average molecular weight is 222 g/mol. The van der Waals surface area contributed by atoms with Gasteiger partial charge in [-0.05, 0) is 6.42 Å². The van der Waals surface area contributed by atoms with Crippen LogP contribution in [0.3, 0.4) is 0 Å². The first-order valence-electron chi connectivity index (χ1n) is 4.29. The predicted octanol–water partition coefficient (Wildman–Crippen LogP) is -1.51. The van der Waals surface area contributed by atoms with Crippen molar-refractivity contribution in [1.82, 2.24) is 0 Å². The minimum absolute atomic E-state index is 0. The minimum Gasteiger partial charge on any atom is -0.854 e. The smallest absolute Gasteiger partial charge is 0.854 e. The Morgan fingerprint density at radius 1 is 1.00 bits per heavy atom. The summed E-state index contributed by atoms with van der Waals surface area (Å²) < 4.78 is 38.9. The largest absolute Gasteiger partial charge is 1.00 e. The molecule has 0 saturated heterocycles. The molecular weight excluding hydrogens is 208 g/mol. The van der Waals surface area contributed by atoms with Crippen molar-refractivity contribution in [3.63, 3.8) is 0 Å². The normalized spacial score (nSPS) is 11.1. The number of ether oxygens (including phenoxy) is 1. The molecule has 0 radical (unpaired) electrons. The summed E-state index contributed by atoms with van der Waals surface area (Å²) in [5.41, 5.74) is 0. The maximum absolute atomic E-state index is 11.5. The molecule has 0 unspecified atom stereocenters. The molecule has 0 spiro atoms. The van der Waals surface area contributed by atoms with E-state index in [9.17, 15) is 18.3 Å². The van der Waals surface area contributed by atoms with Gasteiger partial charge in [-0.1, -0.05) is 19.3 Å². The van der Waals surface area contributed by atoms with Gasteiger partial charge in [-0.3, -0.25) is 0 Å². The van der Waals surface area contributed by atoms with Crippen molar-refractivity contribution in [3.8, 4) is 0 Å². The molecule has 0 heterocycles. The number of alkyl halides is 3. The second-order valence-electron chi connectivity index (χ2n) is 2.79. The van der Waals surface area contributed by atoms with Crippen molar-refractivity contribution in [2.45, 2.75) is 31.9 Å². The molecule has 80 valence electrons. The standard InChI is InChI=1S/C8H14F3O2.Na/c9-8(10,11)7-13-6-4-2-1-3-5-12;/h1-7H2;/q-1;+1. The summed E-state index contributed by atoms with van der Waals surface area (Å²) in [7, 11) is 0. The summed E-state index contributed by atoms with van der Waals surface area (Å²) >= 11 is 0. The zero-order chi connectivity index (χ0) is 10.2. The van der Waals surface area contributed by atoms with Gasteiger partial charge < -0.3 is 9.84 Å². The Morgan fingerprint density at radius 3 is 2.07 bits per heavy atom. The summed E-state index contributed by atoms with van der Waals surface area (Å²) in [4.78, 5) is 0. The van der Waals surface area contributed by atoms with Crippen LogP contribution in [0.1, 0.15) is 25.7 Å². The van der Waals surface area contributed by atoms with Gasteiger partial charge in [-0.25, -0.2) is 0 Å². The Hall–Kier alpha value is 0.710. The topological polar surface area (TPSA) is 32.3 Å². The van der Waals surface area contributed by atoms with E-state index >= 15 is 0 Å². The number of hydrogen-bond donors (Lipinski definition) is 0. The maximum Gasteiger partial charge on any atom is 1.00 e. The molecule has 6 heteroatoms. The SMILES string of the molecule is [Na+].[O-]CCCCCCOCC(F)(F)F. The van der Waals surface area contributed by atoms with Gasteiger partial charge in [0.15, 0.2) is 0 Å². The summed E-state index contributed by atoms with van der Waals surface area (Å²) in [5, 5.41) is 9.97. The van der Waals surface area contributed by atoms with Crippen LogP contribution < -0.4 is 34.7 Å². The van der Waals surface area contributed by atoms with Crippen molar-refractivity contribution in [2.24, 2.45) is 0 Å². The van der Waals surface area contributed by atoms with Gasteiger partial charge in [0.2, 0.25) is 0 Å². The molecule has 0 aliphatic heterocycles. The summed E-state index contributed by atoms with van der Waals surface area (Å²) in [6.07, 6.45) is -1.50. The molecule has 2 nitrogen and oxygen atoms in total. The maximum atomic E-state index is 11.5. The van der Waals surface area contributed by atoms with Crippen LogP contribution in [0.5, 0.6) is 0 Å². The minimum atomic E-state index is -4.23. The number of hydrogen-bond acceptors (Lipinski definition) is 2. The van der Waals surface area contributed by atoms with Crippen molar-refractivity contribution in [2.75, 3.05) is 19.8 Å². The molecule has 0 atom stereocenters. The van der Waals surface area contributed by atoms with Crippen LogP contribution in [-0.4, -0.2) is 26.0 Å². The Labute approximate surface area is 104 Å². The third-order valence-corrected chi connectivity index (χ3v) is 1.45. The Balaban J connectivity index is 0. The van der Waals surface area contributed by atoms with E-state index in [1.54, 1.807) is 0 Å². The molecule has 14 heavy (non-hydrogen) atoms. The second-order valence-corrected chi connectivity index (χ2v) is 2.79. The molecule has 0 bridgehead atoms. The molecule has 0 rings (SSSR count). The van der Waals surface area contributed by atoms with Crippen LogP contribution in [0.25, 0.3) is 0 Å². The van der Waals surface area contributed by atoms with Crippen molar-refractivity contribution in [3.05, 3.63) is 0 Å². The van der Waals surface area contributed by atoms with Crippen LogP contribution in [0.15, 0.2) is 0 Å². The molecule has 0 aliphatic carbocycles. The summed E-state index contributed by atoms with van der Waals surface area (Å²) in [6.45, 7) is -1.16. The van der Waals surface area contributed by atoms with E-state index in [2.05, 4.69) is 4.74 Å². The van der Waals surface area contributed by atoms with Crippen molar-refractivity contribution >= 4 is 0 Å². The van der Waals surface area contributed by atoms with Crippen LogP contribution >= 0.6 is 0 Å². The van der Waals surface area contributed by atoms with E-state index in [1.165, 1.54) is 0 Å². The van der Waals surface area contributed by atoms with Gasteiger partial charge in [0.25, 0.3) is 0 Å². The monoisotopic (exact) mass is 222 g/mol. The number of rotatable bonds is 7. The van der Waals surface area contributed by atoms with Crippen LogP contribution in [-0.2, 0) is 4.74 Å². The molecule has 0 amide bonds. The van der Waals surface area contributed by atoms with Crippen LogP contribution in [0.2, 0.25) is 0 Å². The van der Waals surface area contributed by atoms with Crippen LogP contribution in [0.4, 0.5) is 13.2 Å².